The number of hydrogen-bond donors (Lipinski definition) is 1. The largest absolute Gasteiger partial charge is 0.478 e. The van der Waals surface area contributed by atoms with Crippen molar-refractivity contribution in [2.24, 2.45) is 5.10 Å². The van der Waals surface area contributed by atoms with Gasteiger partial charge in [0.2, 0.25) is 0 Å². The molecule has 0 aliphatic carbocycles. The number of carbonyl (C=O) groups is 1. The molecule has 1 aliphatic rings. The fourth-order valence-corrected chi connectivity index (χ4v) is 1.50. The van der Waals surface area contributed by atoms with Crippen LogP contribution < -0.4 is 4.90 Å². The topological polar surface area (TPSA) is 56.1 Å². The highest BCUT2D eigenvalue weighted by atomic mass is 19.1. The van der Waals surface area contributed by atoms with Crippen LogP contribution in [0.2, 0.25) is 0 Å². The van der Waals surface area contributed by atoms with Gasteiger partial charge in [-0.05, 0) is 6.07 Å². The van der Waals surface area contributed by atoms with Crippen LogP contribution in [0.15, 0.2) is 17.2 Å². The summed E-state index contributed by atoms with van der Waals surface area (Å²) in [5.74, 6) is -3.28. The molecule has 0 spiro atoms. The maximum atomic E-state index is 13.6. The van der Waals surface area contributed by atoms with Gasteiger partial charge in [-0.25, -0.2) is 13.6 Å². The van der Waals surface area contributed by atoms with Crippen molar-refractivity contribution in [3.05, 3.63) is 29.3 Å². The van der Waals surface area contributed by atoms with Crippen molar-refractivity contribution in [3.63, 3.8) is 0 Å². The van der Waals surface area contributed by atoms with E-state index in [-0.39, 0.29) is 12.4 Å². The highest BCUT2D eigenvalue weighted by Crippen LogP contribution is 2.24. The minimum Gasteiger partial charge on any atom is -0.478 e. The van der Waals surface area contributed by atoms with Crippen LogP contribution in [0.1, 0.15) is 10.4 Å². The van der Waals surface area contributed by atoms with Crippen molar-refractivity contribution in [2.45, 2.75) is 0 Å². The third kappa shape index (κ3) is 2.03. The van der Waals surface area contributed by atoms with Crippen LogP contribution >= 0.6 is 0 Å². The van der Waals surface area contributed by atoms with Gasteiger partial charge in [-0.15, -0.1) is 0 Å². The molecule has 0 aromatic heterocycles. The second-order valence-electron chi connectivity index (χ2n) is 3.59. The molecule has 1 N–H and O–H groups in total. The quantitative estimate of drug-likeness (QED) is 0.848. The molecule has 0 unspecified atom stereocenters. The number of carboxylic acids is 1. The molecule has 0 amide bonds. The zero-order valence-electron chi connectivity index (χ0n) is 8.89. The van der Waals surface area contributed by atoms with Gasteiger partial charge in [0.25, 0.3) is 0 Å². The van der Waals surface area contributed by atoms with Crippen LogP contribution in [0.3, 0.4) is 0 Å². The number of nitrogens with zero attached hydrogens (tertiary/aromatic N) is 3. The van der Waals surface area contributed by atoms with Crippen LogP contribution in [-0.4, -0.2) is 36.1 Å². The number of hydrazone groups is 1. The molecule has 1 heterocycles. The third-order valence-electron chi connectivity index (χ3n) is 2.32. The van der Waals surface area contributed by atoms with E-state index in [9.17, 15) is 13.6 Å². The SMILES string of the molecule is CN1CN(c2cc(F)c(C(=O)O)cc2F)C=N1. The number of hydrogen-bond acceptors (Lipinski definition) is 4. The van der Waals surface area contributed by atoms with Gasteiger partial charge in [0.1, 0.15) is 24.6 Å². The molecule has 7 heteroatoms. The maximum absolute atomic E-state index is 13.6. The molecule has 0 atom stereocenters. The van der Waals surface area contributed by atoms with E-state index in [0.29, 0.717) is 6.07 Å². The lowest BCUT2D eigenvalue weighted by Gasteiger charge is -2.17. The van der Waals surface area contributed by atoms with E-state index in [4.69, 9.17) is 5.11 Å². The lowest BCUT2D eigenvalue weighted by atomic mass is 10.1. The number of anilines is 1. The molecule has 17 heavy (non-hydrogen) atoms. The lowest BCUT2D eigenvalue weighted by Crippen LogP contribution is -2.25. The molecule has 0 radical (unpaired) electrons. The predicted molar refractivity (Wildman–Crippen MR) is 56.9 cm³/mol. The normalized spacial score (nSPS) is 14.5. The minimum absolute atomic E-state index is 0.0411. The van der Waals surface area contributed by atoms with Gasteiger partial charge >= 0.3 is 5.97 Å². The van der Waals surface area contributed by atoms with Crippen molar-refractivity contribution in [1.82, 2.24) is 5.01 Å². The van der Waals surface area contributed by atoms with E-state index >= 15 is 0 Å². The Morgan fingerprint density at radius 2 is 2.12 bits per heavy atom. The average molecular weight is 241 g/mol. The van der Waals surface area contributed by atoms with Crippen LogP contribution in [0.5, 0.6) is 0 Å². The van der Waals surface area contributed by atoms with Crippen molar-refractivity contribution in [2.75, 3.05) is 18.6 Å². The highest BCUT2D eigenvalue weighted by molar-refractivity contribution is 5.89. The van der Waals surface area contributed by atoms with Gasteiger partial charge in [0.05, 0.1) is 11.3 Å². The van der Waals surface area contributed by atoms with Gasteiger partial charge in [0, 0.05) is 13.1 Å². The number of halogens is 2. The van der Waals surface area contributed by atoms with E-state index in [1.165, 1.54) is 16.2 Å². The summed E-state index contributed by atoms with van der Waals surface area (Å²) in [4.78, 5) is 12.0. The summed E-state index contributed by atoms with van der Waals surface area (Å²) in [6.07, 6.45) is 1.35. The maximum Gasteiger partial charge on any atom is 0.338 e. The van der Waals surface area contributed by atoms with Crippen molar-refractivity contribution in [3.8, 4) is 0 Å². The van der Waals surface area contributed by atoms with E-state index in [0.717, 1.165) is 6.07 Å². The van der Waals surface area contributed by atoms with Gasteiger partial charge in [0.15, 0.2) is 0 Å². The molecule has 0 saturated carbocycles. The fraction of sp³-hybridized carbons (Fsp3) is 0.200. The van der Waals surface area contributed by atoms with Gasteiger partial charge in [-0.2, -0.15) is 5.10 Å². The molecule has 2 rings (SSSR count). The molecule has 1 aromatic rings. The summed E-state index contributed by atoms with van der Waals surface area (Å²) in [7, 11) is 1.68. The second kappa shape index (κ2) is 4.00. The summed E-state index contributed by atoms with van der Waals surface area (Å²) in [6, 6.07) is 1.52. The average Bonchev–Trinajstić information content (AvgIpc) is 2.67. The molecule has 1 aromatic carbocycles. The Bertz CT molecular complexity index is 505. The summed E-state index contributed by atoms with van der Waals surface area (Å²) in [5, 5.41) is 14.0. The van der Waals surface area contributed by atoms with Crippen LogP contribution in [0.4, 0.5) is 14.5 Å². The first-order valence-electron chi connectivity index (χ1n) is 4.73. The van der Waals surface area contributed by atoms with E-state index in [1.54, 1.807) is 7.05 Å². The molecule has 90 valence electrons. The zero-order valence-corrected chi connectivity index (χ0v) is 8.89. The first-order chi connectivity index (χ1) is 7.99. The molecule has 5 nitrogen and oxygen atoms in total. The third-order valence-corrected chi connectivity index (χ3v) is 2.32. The Hall–Kier alpha value is -2.18. The zero-order chi connectivity index (χ0) is 12.6. The Morgan fingerprint density at radius 1 is 1.41 bits per heavy atom. The molecular formula is C10H9F2N3O2. The Labute approximate surface area is 95.6 Å². The molecule has 0 saturated heterocycles. The first-order valence-corrected chi connectivity index (χ1v) is 4.73. The van der Waals surface area contributed by atoms with Crippen LogP contribution in [0, 0.1) is 11.6 Å². The molecule has 0 fully saturated rings. The van der Waals surface area contributed by atoms with Crippen LogP contribution in [-0.2, 0) is 0 Å². The standard InChI is InChI=1S/C10H9F2N3O2/c1-14-5-15(4-13-14)9-3-7(11)6(10(16)17)2-8(9)12/h2-4H,5H2,1H3,(H,16,17). The van der Waals surface area contributed by atoms with E-state index in [2.05, 4.69) is 5.10 Å². The number of carboxylic acid groups (broad SMARTS) is 1. The number of aromatic carboxylic acids is 1. The fourth-order valence-electron chi connectivity index (χ4n) is 1.50. The second-order valence-corrected chi connectivity index (χ2v) is 3.59. The van der Waals surface area contributed by atoms with Gasteiger partial charge in [-0.1, -0.05) is 0 Å². The molecular weight excluding hydrogens is 232 g/mol. The van der Waals surface area contributed by atoms with E-state index in [1.807, 2.05) is 0 Å². The minimum atomic E-state index is -1.50. The highest BCUT2D eigenvalue weighted by Gasteiger charge is 2.20. The monoisotopic (exact) mass is 241 g/mol. The summed E-state index contributed by atoms with van der Waals surface area (Å²) < 4.78 is 27.0. The van der Waals surface area contributed by atoms with Gasteiger partial charge in [-0.3, -0.25) is 5.01 Å². The molecule has 0 bridgehead atoms. The summed E-state index contributed by atoms with van der Waals surface area (Å²) in [5.41, 5.74) is -0.726. The number of rotatable bonds is 2. The Morgan fingerprint density at radius 3 is 2.65 bits per heavy atom. The smallest absolute Gasteiger partial charge is 0.338 e. The summed E-state index contributed by atoms with van der Waals surface area (Å²) >= 11 is 0. The van der Waals surface area contributed by atoms with Gasteiger partial charge < -0.3 is 10.0 Å². The Kier molecular flexibility index (Phi) is 2.66. The molecule has 1 aliphatic heterocycles. The van der Waals surface area contributed by atoms with Crippen molar-refractivity contribution in [1.29, 1.82) is 0 Å². The van der Waals surface area contributed by atoms with Crippen LogP contribution in [0.25, 0.3) is 0 Å². The first kappa shape index (κ1) is 11.3. The Balaban J connectivity index is 2.40. The number of benzene rings is 1. The van der Waals surface area contributed by atoms with Crippen molar-refractivity contribution >= 4 is 18.0 Å². The predicted octanol–water partition coefficient (Wildman–Crippen LogP) is 1.32. The summed E-state index contributed by atoms with van der Waals surface area (Å²) in [6.45, 7) is 0.281. The van der Waals surface area contributed by atoms with Crippen molar-refractivity contribution < 1.29 is 18.7 Å². The van der Waals surface area contributed by atoms with E-state index < -0.39 is 23.2 Å². The lowest BCUT2D eigenvalue weighted by molar-refractivity contribution is 0.0691.